The van der Waals surface area contributed by atoms with E-state index in [-0.39, 0.29) is 48.1 Å². The van der Waals surface area contributed by atoms with Gasteiger partial charge in [0.15, 0.2) is 0 Å². The van der Waals surface area contributed by atoms with E-state index in [1.807, 2.05) is 4.90 Å². The van der Waals surface area contributed by atoms with Crippen molar-refractivity contribution in [3.8, 4) is 0 Å². The Hall–Kier alpha value is -1.84. The van der Waals surface area contributed by atoms with Gasteiger partial charge in [0.25, 0.3) is 5.92 Å². The van der Waals surface area contributed by atoms with E-state index >= 15 is 0 Å². The Kier molecular flexibility index (Phi) is 5.01. The Bertz CT molecular complexity index is 857. The van der Waals surface area contributed by atoms with Gasteiger partial charge in [0.2, 0.25) is 0 Å². The van der Waals surface area contributed by atoms with Crippen molar-refractivity contribution >= 4 is 22.5 Å². The molecule has 3 heterocycles. The van der Waals surface area contributed by atoms with Crippen LogP contribution in [0, 0.1) is 17.8 Å². The molecule has 2 aliphatic carbocycles. The van der Waals surface area contributed by atoms with Crippen LogP contribution in [0.2, 0.25) is 0 Å². The summed E-state index contributed by atoms with van der Waals surface area (Å²) in [6, 6.07) is 0. The van der Waals surface area contributed by atoms with Crippen LogP contribution in [-0.2, 0) is 38.3 Å². The van der Waals surface area contributed by atoms with Crippen molar-refractivity contribution in [2.75, 3.05) is 24.6 Å². The molecular formula is C18H23F2N3O4S. The molecule has 0 N–H and O–H groups in total. The number of carbonyl (C=O) groups is 1. The van der Waals surface area contributed by atoms with Crippen molar-refractivity contribution in [2.24, 2.45) is 17.8 Å². The number of alkyl halides is 2. The van der Waals surface area contributed by atoms with Crippen LogP contribution in [0.15, 0.2) is 0 Å². The summed E-state index contributed by atoms with van der Waals surface area (Å²) in [5, 5.41) is 0. The van der Waals surface area contributed by atoms with Gasteiger partial charge in [-0.05, 0) is 37.5 Å². The second-order valence-corrected chi connectivity index (χ2v) is 8.80. The summed E-state index contributed by atoms with van der Waals surface area (Å²) in [7, 11) is -2.80. The molecule has 0 radical (unpaired) electrons. The van der Waals surface area contributed by atoms with Gasteiger partial charge in [0, 0.05) is 31.5 Å². The Balaban J connectivity index is 1.57. The van der Waals surface area contributed by atoms with E-state index < -0.39 is 22.4 Å². The van der Waals surface area contributed by atoms with Gasteiger partial charge in [-0.15, -0.1) is 0 Å². The second kappa shape index (κ2) is 7.20. The maximum atomic E-state index is 14.3. The standard InChI is InChI=1S/C18H23F2N3O4S/c1-2-27-15(24)6-13-10-5-11(13)8-23(7-10)17-12-3-4-18(19,20)16(12)21-14(22-17)9-28(25)26/h10-11,13,28H,2-9H2,1H3. The van der Waals surface area contributed by atoms with Crippen LogP contribution < -0.4 is 4.90 Å². The quantitative estimate of drug-likeness (QED) is 0.558. The number of thiol groups is 1. The number of ether oxygens (including phenoxy) is 1. The number of hydrogen-bond donors (Lipinski definition) is 1. The maximum absolute atomic E-state index is 14.3. The van der Waals surface area contributed by atoms with E-state index in [1.54, 1.807) is 6.92 Å². The first-order chi connectivity index (χ1) is 13.3. The lowest BCUT2D eigenvalue weighted by Gasteiger charge is -2.54. The van der Waals surface area contributed by atoms with Gasteiger partial charge < -0.3 is 9.64 Å². The first kappa shape index (κ1) is 19.5. The third-order valence-electron chi connectivity index (χ3n) is 6.07. The summed E-state index contributed by atoms with van der Waals surface area (Å²) in [4.78, 5) is 22.0. The Morgan fingerprint density at radius 2 is 2.00 bits per heavy atom. The van der Waals surface area contributed by atoms with E-state index in [1.165, 1.54) is 0 Å². The average molecular weight is 415 g/mol. The van der Waals surface area contributed by atoms with Crippen LogP contribution >= 0.6 is 0 Å². The molecule has 2 unspecified atom stereocenters. The zero-order valence-corrected chi connectivity index (χ0v) is 16.5. The molecule has 2 atom stereocenters. The molecule has 10 heteroatoms. The fraction of sp³-hybridized carbons (Fsp3) is 0.722. The highest BCUT2D eigenvalue weighted by Gasteiger charge is 2.49. The summed E-state index contributed by atoms with van der Waals surface area (Å²) in [6.45, 7) is 3.39. The van der Waals surface area contributed by atoms with E-state index in [9.17, 15) is 22.0 Å². The molecular weight excluding hydrogens is 392 g/mol. The van der Waals surface area contributed by atoms with Crippen molar-refractivity contribution in [3.05, 3.63) is 17.1 Å². The van der Waals surface area contributed by atoms with Gasteiger partial charge in [-0.2, -0.15) is 8.78 Å². The number of rotatable bonds is 6. The normalized spacial score (nSPS) is 27.4. The number of piperidine rings is 2. The third kappa shape index (κ3) is 3.46. The molecule has 1 aromatic rings. The molecule has 4 aliphatic rings. The first-order valence-electron chi connectivity index (χ1n) is 9.59. The van der Waals surface area contributed by atoms with Gasteiger partial charge in [-0.1, -0.05) is 0 Å². The van der Waals surface area contributed by atoms with Crippen molar-refractivity contribution in [1.29, 1.82) is 0 Å². The molecule has 0 amide bonds. The summed E-state index contributed by atoms with van der Waals surface area (Å²) >= 11 is 0. The Morgan fingerprint density at radius 1 is 1.29 bits per heavy atom. The maximum Gasteiger partial charge on any atom is 0.306 e. The van der Waals surface area contributed by atoms with E-state index in [0.29, 0.717) is 37.5 Å². The molecule has 2 bridgehead atoms. The number of halogens is 2. The van der Waals surface area contributed by atoms with E-state index in [2.05, 4.69) is 9.97 Å². The number of fused-ring (bicyclic) bond motifs is 3. The minimum atomic E-state index is -3.05. The van der Waals surface area contributed by atoms with Crippen LogP contribution in [-0.4, -0.2) is 44.1 Å². The largest absolute Gasteiger partial charge is 0.466 e. The molecule has 2 saturated heterocycles. The molecule has 2 aliphatic heterocycles. The summed E-state index contributed by atoms with van der Waals surface area (Å²) in [5.41, 5.74) is 0.102. The van der Waals surface area contributed by atoms with Gasteiger partial charge >= 0.3 is 5.97 Å². The highest BCUT2D eigenvalue weighted by Crippen LogP contribution is 2.50. The molecule has 1 saturated carbocycles. The monoisotopic (exact) mass is 415 g/mol. The lowest BCUT2D eigenvalue weighted by atomic mass is 9.60. The first-order valence-corrected chi connectivity index (χ1v) is 10.9. The molecule has 154 valence electrons. The zero-order valence-electron chi connectivity index (χ0n) is 15.6. The van der Waals surface area contributed by atoms with Crippen LogP contribution in [0.25, 0.3) is 0 Å². The number of anilines is 1. The molecule has 0 aromatic carbocycles. The fourth-order valence-electron chi connectivity index (χ4n) is 4.80. The minimum Gasteiger partial charge on any atom is -0.466 e. The molecule has 28 heavy (non-hydrogen) atoms. The van der Waals surface area contributed by atoms with Crippen molar-refractivity contribution in [1.82, 2.24) is 9.97 Å². The van der Waals surface area contributed by atoms with E-state index in [4.69, 9.17) is 4.74 Å². The molecule has 7 nitrogen and oxygen atoms in total. The SMILES string of the molecule is CCOC(=O)CC1C2CC1CN(c1nc(C[SH](=O)=O)nc3c1CCC3(F)F)C2. The van der Waals surface area contributed by atoms with Gasteiger partial charge in [-0.3, -0.25) is 4.79 Å². The van der Waals surface area contributed by atoms with Crippen molar-refractivity contribution in [3.63, 3.8) is 0 Å². The van der Waals surface area contributed by atoms with Crippen molar-refractivity contribution in [2.45, 2.75) is 44.3 Å². The highest BCUT2D eigenvalue weighted by atomic mass is 32.2. The lowest BCUT2D eigenvalue weighted by molar-refractivity contribution is -0.147. The number of nitrogens with zero attached hydrogens (tertiary/aromatic N) is 3. The zero-order chi connectivity index (χ0) is 20.1. The van der Waals surface area contributed by atoms with Crippen LogP contribution in [0.5, 0.6) is 0 Å². The number of aromatic nitrogens is 2. The second-order valence-electron chi connectivity index (χ2n) is 7.82. The Morgan fingerprint density at radius 3 is 2.64 bits per heavy atom. The Labute approximate surface area is 163 Å². The predicted octanol–water partition coefficient (Wildman–Crippen LogP) is 1.65. The van der Waals surface area contributed by atoms with Crippen LogP contribution in [0.3, 0.4) is 0 Å². The highest BCUT2D eigenvalue weighted by molar-refractivity contribution is 7.71. The van der Waals surface area contributed by atoms with Gasteiger partial charge in [0.1, 0.15) is 33.8 Å². The van der Waals surface area contributed by atoms with Crippen molar-refractivity contribution < 1.29 is 26.7 Å². The number of hydrogen-bond acceptors (Lipinski definition) is 7. The lowest BCUT2D eigenvalue weighted by Crippen LogP contribution is -2.56. The number of esters is 1. The average Bonchev–Trinajstić information content (AvgIpc) is 2.94. The van der Waals surface area contributed by atoms with Crippen LogP contribution in [0.1, 0.15) is 43.3 Å². The number of carbonyl (C=O) groups excluding carboxylic acids is 1. The van der Waals surface area contributed by atoms with E-state index in [0.717, 1.165) is 6.42 Å². The molecule has 5 rings (SSSR count). The van der Waals surface area contributed by atoms with Crippen LogP contribution in [0.4, 0.5) is 14.6 Å². The summed E-state index contributed by atoms with van der Waals surface area (Å²) < 4.78 is 55.7. The molecule has 1 aromatic heterocycles. The third-order valence-corrected chi connectivity index (χ3v) is 6.61. The fourth-order valence-corrected chi connectivity index (χ4v) is 5.18. The topological polar surface area (TPSA) is 89.5 Å². The smallest absolute Gasteiger partial charge is 0.306 e. The predicted molar refractivity (Wildman–Crippen MR) is 96.8 cm³/mol. The van der Waals surface area contributed by atoms with Gasteiger partial charge in [0.05, 0.1) is 6.61 Å². The molecule has 3 fully saturated rings. The van der Waals surface area contributed by atoms with Gasteiger partial charge in [-0.25, -0.2) is 18.4 Å². The summed E-state index contributed by atoms with van der Waals surface area (Å²) in [5.74, 6) is -2.50. The molecule has 0 spiro atoms. The minimum absolute atomic E-state index is 0.0752. The summed E-state index contributed by atoms with van der Waals surface area (Å²) in [6.07, 6.45) is 1.24.